The zero-order chi connectivity index (χ0) is 12.3. The molecule has 0 atom stereocenters. The smallest absolute Gasteiger partial charge is 0.154 e. The van der Waals surface area contributed by atoms with Crippen LogP contribution in [-0.2, 0) is 0 Å². The zero-order valence-electron chi connectivity index (χ0n) is 10.2. The monoisotopic (exact) mass is 252 g/mol. The quantitative estimate of drug-likeness (QED) is 0.767. The van der Waals surface area contributed by atoms with Crippen molar-refractivity contribution in [2.45, 2.75) is 20.3 Å². The lowest BCUT2D eigenvalue weighted by atomic mass is 10.3. The molecular formula is C12H17ClN4. The molecule has 0 radical (unpaired) electrons. The topological polar surface area (TPSA) is 33.4 Å². The van der Waals surface area contributed by atoms with E-state index < -0.39 is 0 Å². The molecule has 0 bridgehead atoms. The van der Waals surface area contributed by atoms with Gasteiger partial charge in [-0.3, -0.25) is 0 Å². The molecule has 0 saturated heterocycles. The Morgan fingerprint density at radius 1 is 1.47 bits per heavy atom. The summed E-state index contributed by atoms with van der Waals surface area (Å²) in [5, 5.41) is 4.39. The first-order chi connectivity index (χ1) is 8.26. The molecule has 2 aromatic rings. The third-order valence-corrected chi connectivity index (χ3v) is 3.00. The van der Waals surface area contributed by atoms with Crippen LogP contribution in [0.5, 0.6) is 0 Å². The third kappa shape index (κ3) is 2.52. The second-order valence-corrected chi connectivity index (χ2v) is 4.37. The first-order valence-electron chi connectivity index (χ1n) is 5.88. The summed E-state index contributed by atoms with van der Waals surface area (Å²) < 4.78 is 1.88. The molecule has 2 aromatic heterocycles. The summed E-state index contributed by atoms with van der Waals surface area (Å²) in [6.45, 7) is 5.97. The Labute approximate surface area is 106 Å². The van der Waals surface area contributed by atoms with Gasteiger partial charge in [0.1, 0.15) is 5.52 Å². The fourth-order valence-corrected chi connectivity index (χ4v) is 2.06. The van der Waals surface area contributed by atoms with Crippen LogP contribution in [0.1, 0.15) is 19.0 Å². The molecular weight excluding hydrogens is 236 g/mol. The molecule has 0 spiro atoms. The highest BCUT2D eigenvalue weighted by atomic mass is 35.5. The highest BCUT2D eigenvalue weighted by Gasteiger charge is 2.11. The van der Waals surface area contributed by atoms with Gasteiger partial charge in [0.2, 0.25) is 0 Å². The standard InChI is InChI=1S/C12H17ClN4/c1-3-16(7-4-5-13)12-11-9-10(2)15-17(11)8-6-14-12/h6,8-9H,3-5,7H2,1-2H3. The molecule has 0 aliphatic carbocycles. The van der Waals surface area contributed by atoms with Crippen molar-refractivity contribution in [1.29, 1.82) is 0 Å². The van der Waals surface area contributed by atoms with Gasteiger partial charge in [-0.1, -0.05) is 0 Å². The van der Waals surface area contributed by atoms with Gasteiger partial charge in [-0.2, -0.15) is 5.10 Å². The van der Waals surface area contributed by atoms with Crippen LogP contribution in [0, 0.1) is 6.92 Å². The van der Waals surface area contributed by atoms with Crippen molar-refractivity contribution in [1.82, 2.24) is 14.6 Å². The lowest BCUT2D eigenvalue weighted by molar-refractivity contribution is 0.778. The molecule has 0 fully saturated rings. The van der Waals surface area contributed by atoms with Gasteiger partial charge in [0, 0.05) is 31.4 Å². The van der Waals surface area contributed by atoms with Gasteiger partial charge in [0.05, 0.1) is 5.69 Å². The van der Waals surface area contributed by atoms with Gasteiger partial charge < -0.3 is 4.90 Å². The number of alkyl halides is 1. The van der Waals surface area contributed by atoms with Crippen LogP contribution in [0.15, 0.2) is 18.5 Å². The van der Waals surface area contributed by atoms with E-state index in [1.54, 1.807) is 6.20 Å². The normalized spacial score (nSPS) is 11.0. The van der Waals surface area contributed by atoms with E-state index in [1.807, 2.05) is 17.6 Å². The Morgan fingerprint density at radius 2 is 2.29 bits per heavy atom. The number of aryl methyl sites for hydroxylation is 1. The molecule has 2 heterocycles. The molecule has 0 N–H and O–H groups in total. The van der Waals surface area contributed by atoms with Crippen LogP contribution in [0.3, 0.4) is 0 Å². The second-order valence-electron chi connectivity index (χ2n) is 3.99. The molecule has 4 nitrogen and oxygen atoms in total. The summed E-state index contributed by atoms with van der Waals surface area (Å²) >= 11 is 5.75. The zero-order valence-corrected chi connectivity index (χ0v) is 11.0. The van der Waals surface area contributed by atoms with Crippen molar-refractivity contribution >= 4 is 22.9 Å². The molecule has 2 rings (SSSR count). The summed E-state index contributed by atoms with van der Waals surface area (Å²) in [7, 11) is 0. The van der Waals surface area contributed by atoms with E-state index in [-0.39, 0.29) is 0 Å². The summed E-state index contributed by atoms with van der Waals surface area (Å²) in [6.07, 6.45) is 4.63. The minimum atomic E-state index is 0.678. The van der Waals surface area contributed by atoms with E-state index in [1.165, 1.54) is 0 Å². The number of hydrogen-bond acceptors (Lipinski definition) is 3. The van der Waals surface area contributed by atoms with Gasteiger partial charge >= 0.3 is 0 Å². The molecule has 5 heteroatoms. The van der Waals surface area contributed by atoms with Gasteiger partial charge in [0.25, 0.3) is 0 Å². The molecule has 0 aliphatic heterocycles. The van der Waals surface area contributed by atoms with Crippen LogP contribution in [-0.4, -0.2) is 33.6 Å². The first-order valence-corrected chi connectivity index (χ1v) is 6.41. The minimum absolute atomic E-state index is 0.678. The molecule has 0 aliphatic rings. The van der Waals surface area contributed by atoms with Crippen molar-refractivity contribution < 1.29 is 0 Å². The first kappa shape index (κ1) is 12.2. The number of hydrogen-bond donors (Lipinski definition) is 0. The van der Waals surface area contributed by atoms with Crippen molar-refractivity contribution in [2.75, 3.05) is 23.9 Å². The van der Waals surface area contributed by atoms with E-state index in [9.17, 15) is 0 Å². The average molecular weight is 253 g/mol. The van der Waals surface area contributed by atoms with Crippen LogP contribution < -0.4 is 4.90 Å². The number of rotatable bonds is 5. The maximum Gasteiger partial charge on any atom is 0.154 e. The SMILES string of the molecule is CCN(CCCCl)c1nccn2nc(C)cc12. The number of fused-ring (bicyclic) bond motifs is 1. The van der Waals surface area contributed by atoms with E-state index in [0.29, 0.717) is 5.88 Å². The summed E-state index contributed by atoms with van der Waals surface area (Å²) in [6, 6.07) is 2.06. The predicted octanol–water partition coefficient (Wildman–Crippen LogP) is 2.49. The molecule has 17 heavy (non-hydrogen) atoms. The lowest BCUT2D eigenvalue weighted by Crippen LogP contribution is -2.25. The Morgan fingerprint density at radius 3 is 3.00 bits per heavy atom. The Hall–Kier alpha value is -1.29. The lowest BCUT2D eigenvalue weighted by Gasteiger charge is -2.21. The molecule has 0 amide bonds. The fourth-order valence-electron chi connectivity index (χ4n) is 1.94. The molecule has 0 unspecified atom stereocenters. The van der Waals surface area contributed by atoms with E-state index >= 15 is 0 Å². The van der Waals surface area contributed by atoms with E-state index in [4.69, 9.17) is 11.6 Å². The van der Waals surface area contributed by atoms with Crippen LogP contribution >= 0.6 is 11.6 Å². The maximum atomic E-state index is 5.75. The number of anilines is 1. The van der Waals surface area contributed by atoms with Crippen molar-refractivity contribution in [2.24, 2.45) is 0 Å². The van der Waals surface area contributed by atoms with Gasteiger partial charge in [-0.05, 0) is 26.3 Å². The highest BCUT2D eigenvalue weighted by molar-refractivity contribution is 6.17. The maximum absolute atomic E-state index is 5.75. The Balaban J connectivity index is 2.38. The van der Waals surface area contributed by atoms with Gasteiger partial charge in [0.15, 0.2) is 5.82 Å². The summed E-state index contributed by atoms with van der Waals surface area (Å²) in [4.78, 5) is 6.70. The Bertz CT molecular complexity index is 494. The fraction of sp³-hybridized carbons (Fsp3) is 0.500. The van der Waals surface area contributed by atoms with Crippen LogP contribution in [0.2, 0.25) is 0 Å². The predicted molar refractivity (Wildman–Crippen MR) is 70.9 cm³/mol. The number of aromatic nitrogens is 3. The van der Waals surface area contributed by atoms with Crippen LogP contribution in [0.4, 0.5) is 5.82 Å². The third-order valence-electron chi connectivity index (χ3n) is 2.73. The summed E-state index contributed by atoms with van der Waals surface area (Å²) in [5.41, 5.74) is 2.06. The molecule has 0 aromatic carbocycles. The number of nitrogens with zero attached hydrogens (tertiary/aromatic N) is 4. The number of halogens is 1. The van der Waals surface area contributed by atoms with Crippen molar-refractivity contribution in [3.05, 3.63) is 24.2 Å². The van der Waals surface area contributed by atoms with Gasteiger partial charge in [-0.25, -0.2) is 9.50 Å². The molecule has 0 saturated carbocycles. The average Bonchev–Trinajstić information content (AvgIpc) is 2.71. The summed E-state index contributed by atoms with van der Waals surface area (Å²) in [5.74, 6) is 1.67. The van der Waals surface area contributed by atoms with Crippen LogP contribution in [0.25, 0.3) is 5.52 Å². The second kappa shape index (κ2) is 5.36. The molecule has 92 valence electrons. The van der Waals surface area contributed by atoms with E-state index in [0.717, 1.165) is 36.5 Å². The Kier molecular flexibility index (Phi) is 3.84. The van der Waals surface area contributed by atoms with Crippen molar-refractivity contribution in [3.63, 3.8) is 0 Å². The van der Waals surface area contributed by atoms with Gasteiger partial charge in [-0.15, -0.1) is 11.6 Å². The van der Waals surface area contributed by atoms with Crippen molar-refractivity contribution in [3.8, 4) is 0 Å². The van der Waals surface area contributed by atoms with E-state index in [2.05, 4.69) is 28.0 Å². The minimum Gasteiger partial charge on any atom is -0.355 e. The largest absolute Gasteiger partial charge is 0.355 e. The highest BCUT2D eigenvalue weighted by Crippen LogP contribution is 2.19.